The van der Waals surface area contributed by atoms with Gasteiger partial charge in [0.25, 0.3) is 0 Å². The van der Waals surface area contributed by atoms with Gasteiger partial charge in [-0.2, -0.15) is 0 Å². The summed E-state index contributed by atoms with van der Waals surface area (Å²) >= 11 is 0. The normalized spacial score (nSPS) is 27.1. The number of hydrogen-bond donors (Lipinski definition) is 3. The van der Waals surface area contributed by atoms with Crippen molar-refractivity contribution in [2.45, 2.75) is 31.5 Å². The number of aliphatic hydroxyl groups is 2. The summed E-state index contributed by atoms with van der Waals surface area (Å²) in [6, 6.07) is 7.29. The van der Waals surface area contributed by atoms with Crippen molar-refractivity contribution in [1.29, 1.82) is 0 Å². The molecule has 0 spiro atoms. The highest BCUT2D eigenvalue weighted by Gasteiger charge is 2.29. The first-order chi connectivity index (χ1) is 8.46. The van der Waals surface area contributed by atoms with Crippen molar-refractivity contribution in [1.82, 2.24) is 4.90 Å². The van der Waals surface area contributed by atoms with Gasteiger partial charge in [-0.3, -0.25) is 4.90 Å². The van der Waals surface area contributed by atoms with Crippen molar-refractivity contribution in [3.05, 3.63) is 29.8 Å². The lowest BCUT2D eigenvalue weighted by molar-refractivity contribution is -0.0281. The molecular formula is C14H22N2O2. The standard InChI is InChI=1S/C14H22N2O2/c1-14(18)7-2-8-16(10-14)9-13(17)11-3-5-12(15)6-4-11/h3-6,13,17-18H,2,7-10,15H2,1H3. The Hall–Kier alpha value is -1.10. The van der Waals surface area contributed by atoms with Gasteiger partial charge in [0.15, 0.2) is 0 Å². The van der Waals surface area contributed by atoms with Gasteiger partial charge in [0, 0.05) is 18.8 Å². The van der Waals surface area contributed by atoms with E-state index in [2.05, 4.69) is 4.90 Å². The molecule has 0 amide bonds. The Morgan fingerprint density at radius 3 is 2.67 bits per heavy atom. The molecule has 1 fully saturated rings. The molecule has 0 aliphatic carbocycles. The predicted octanol–water partition coefficient (Wildman–Crippen LogP) is 1.15. The Kier molecular flexibility index (Phi) is 3.90. The van der Waals surface area contributed by atoms with Gasteiger partial charge in [-0.1, -0.05) is 12.1 Å². The second-order valence-corrected chi connectivity index (χ2v) is 5.52. The van der Waals surface area contributed by atoms with Gasteiger partial charge in [-0.05, 0) is 44.0 Å². The van der Waals surface area contributed by atoms with E-state index in [9.17, 15) is 10.2 Å². The number of β-amino-alcohol motifs (C(OH)–C–C–N with tert-alkyl or cyclic N) is 2. The van der Waals surface area contributed by atoms with Gasteiger partial charge in [0.05, 0.1) is 11.7 Å². The highest BCUT2D eigenvalue weighted by atomic mass is 16.3. The Morgan fingerprint density at radius 1 is 1.39 bits per heavy atom. The highest BCUT2D eigenvalue weighted by molar-refractivity contribution is 5.39. The van der Waals surface area contributed by atoms with Gasteiger partial charge in [0.1, 0.15) is 0 Å². The molecule has 0 bridgehead atoms. The van der Waals surface area contributed by atoms with Crippen LogP contribution in [0.4, 0.5) is 5.69 Å². The average Bonchev–Trinajstić information content (AvgIpc) is 2.28. The van der Waals surface area contributed by atoms with Crippen molar-refractivity contribution in [3.63, 3.8) is 0 Å². The van der Waals surface area contributed by atoms with Crippen LogP contribution in [0.25, 0.3) is 0 Å². The van der Waals surface area contributed by atoms with E-state index in [4.69, 9.17) is 5.73 Å². The Labute approximate surface area is 108 Å². The fraction of sp³-hybridized carbons (Fsp3) is 0.571. The molecule has 100 valence electrons. The molecule has 1 aromatic rings. The summed E-state index contributed by atoms with van der Waals surface area (Å²) in [6.45, 7) is 3.97. The summed E-state index contributed by atoms with van der Waals surface area (Å²) in [5, 5.41) is 20.2. The van der Waals surface area contributed by atoms with Crippen LogP contribution in [0.3, 0.4) is 0 Å². The van der Waals surface area contributed by atoms with Crippen molar-refractivity contribution in [3.8, 4) is 0 Å². The van der Waals surface area contributed by atoms with Crippen LogP contribution in [0, 0.1) is 0 Å². The topological polar surface area (TPSA) is 69.7 Å². The molecule has 0 radical (unpaired) electrons. The maximum Gasteiger partial charge on any atom is 0.0916 e. The van der Waals surface area contributed by atoms with Gasteiger partial charge >= 0.3 is 0 Å². The van der Waals surface area contributed by atoms with Crippen LogP contribution < -0.4 is 5.73 Å². The molecule has 2 atom stereocenters. The number of aliphatic hydroxyl groups excluding tert-OH is 1. The number of piperidine rings is 1. The number of nitrogen functional groups attached to an aromatic ring is 1. The minimum atomic E-state index is -0.626. The van der Waals surface area contributed by atoms with Crippen molar-refractivity contribution >= 4 is 5.69 Å². The van der Waals surface area contributed by atoms with E-state index in [-0.39, 0.29) is 0 Å². The smallest absolute Gasteiger partial charge is 0.0916 e. The summed E-state index contributed by atoms with van der Waals surface area (Å²) < 4.78 is 0. The number of benzene rings is 1. The number of nitrogens with two attached hydrogens (primary N) is 1. The zero-order valence-corrected chi connectivity index (χ0v) is 10.8. The molecule has 1 saturated heterocycles. The van der Waals surface area contributed by atoms with E-state index in [0.29, 0.717) is 18.8 Å². The number of likely N-dealkylation sites (tertiary alicyclic amines) is 1. The van der Waals surface area contributed by atoms with E-state index < -0.39 is 11.7 Å². The number of hydrogen-bond acceptors (Lipinski definition) is 4. The average molecular weight is 250 g/mol. The van der Waals surface area contributed by atoms with Crippen LogP contribution in [0.2, 0.25) is 0 Å². The van der Waals surface area contributed by atoms with E-state index in [1.165, 1.54) is 0 Å². The first-order valence-electron chi connectivity index (χ1n) is 6.44. The lowest BCUT2D eigenvalue weighted by Gasteiger charge is -2.37. The van der Waals surface area contributed by atoms with Crippen LogP contribution in [-0.2, 0) is 0 Å². The monoisotopic (exact) mass is 250 g/mol. The molecule has 1 aliphatic rings. The van der Waals surface area contributed by atoms with E-state index >= 15 is 0 Å². The first-order valence-corrected chi connectivity index (χ1v) is 6.44. The molecule has 0 aromatic heterocycles. The largest absolute Gasteiger partial charge is 0.399 e. The SMILES string of the molecule is CC1(O)CCCN(CC(O)c2ccc(N)cc2)C1. The van der Waals surface area contributed by atoms with Crippen LogP contribution >= 0.6 is 0 Å². The third kappa shape index (κ3) is 3.45. The minimum absolute atomic E-state index is 0.528. The maximum absolute atomic E-state index is 10.2. The van der Waals surface area contributed by atoms with Crippen LogP contribution in [-0.4, -0.2) is 40.3 Å². The fourth-order valence-corrected chi connectivity index (χ4v) is 2.55. The quantitative estimate of drug-likeness (QED) is 0.704. The third-order valence-corrected chi connectivity index (χ3v) is 3.51. The zero-order valence-electron chi connectivity index (χ0n) is 10.8. The van der Waals surface area contributed by atoms with Crippen molar-refractivity contribution in [2.75, 3.05) is 25.4 Å². The third-order valence-electron chi connectivity index (χ3n) is 3.51. The van der Waals surface area contributed by atoms with E-state index in [1.54, 1.807) is 12.1 Å². The summed E-state index contributed by atoms with van der Waals surface area (Å²) in [7, 11) is 0. The van der Waals surface area contributed by atoms with Crippen LogP contribution in [0.1, 0.15) is 31.4 Å². The number of anilines is 1. The summed E-state index contributed by atoms with van der Waals surface area (Å²) in [5.41, 5.74) is 6.57. The zero-order chi connectivity index (χ0) is 13.2. The highest BCUT2D eigenvalue weighted by Crippen LogP contribution is 2.23. The Bertz CT molecular complexity index is 389. The number of nitrogens with zero attached hydrogens (tertiary/aromatic N) is 1. The molecule has 0 saturated carbocycles. The molecule has 1 aliphatic heterocycles. The number of rotatable bonds is 3. The maximum atomic E-state index is 10.2. The minimum Gasteiger partial charge on any atom is -0.399 e. The molecule has 4 N–H and O–H groups in total. The molecule has 1 heterocycles. The molecule has 2 rings (SSSR count). The molecule has 1 aromatic carbocycles. The van der Waals surface area contributed by atoms with Crippen molar-refractivity contribution in [2.24, 2.45) is 0 Å². The molecule has 4 heteroatoms. The molecule has 4 nitrogen and oxygen atoms in total. The molecular weight excluding hydrogens is 228 g/mol. The van der Waals surface area contributed by atoms with Gasteiger partial charge in [0.2, 0.25) is 0 Å². The molecule has 18 heavy (non-hydrogen) atoms. The first kappa shape index (κ1) is 13.3. The fourth-order valence-electron chi connectivity index (χ4n) is 2.55. The summed E-state index contributed by atoms with van der Waals surface area (Å²) in [6.07, 6.45) is 1.28. The molecule has 2 unspecified atom stereocenters. The predicted molar refractivity (Wildman–Crippen MR) is 72.1 cm³/mol. The second-order valence-electron chi connectivity index (χ2n) is 5.52. The van der Waals surface area contributed by atoms with Gasteiger partial charge < -0.3 is 15.9 Å². The Morgan fingerprint density at radius 2 is 2.06 bits per heavy atom. The lowest BCUT2D eigenvalue weighted by Crippen LogP contribution is -2.47. The summed E-state index contributed by atoms with van der Waals surface area (Å²) in [4.78, 5) is 2.12. The second kappa shape index (κ2) is 5.26. The summed E-state index contributed by atoms with van der Waals surface area (Å²) in [5.74, 6) is 0. The van der Waals surface area contributed by atoms with Crippen LogP contribution in [0.5, 0.6) is 0 Å². The lowest BCUT2D eigenvalue weighted by atomic mass is 9.94. The van der Waals surface area contributed by atoms with Crippen LogP contribution in [0.15, 0.2) is 24.3 Å². The van der Waals surface area contributed by atoms with E-state index in [1.807, 2.05) is 19.1 Å². The van der Waals surface area contributed by atoms with Gasteiger partial charge in [-0.15, -0.1) is 0 Å². The van der Waals surface area contributed by atoms with Crippen molar-refractivity contribution < 1.29 is 10.2 Å². The Balaban J connectivity index is 1.94. The van der Waals surface area contributed by atoms with E-state index in [0.717, 1.165) is 24.9 Å². The van der Waals surface area contributed by atoms with Gasteiger partial charge in [-0.25, -0.2) is 0 Å².